The van der Waals surface area contributed by atoms with Crippen molar-refractivity contribution in [1.29, 1.82) is 0 Å². The molecule has 5 rings (SSSR count). The number of hydrogen-bond acceptors (Lipinski definition) is 6. The van der Waals surface area contributed by atoms with Crippen LogP contribution in [0.1, 0.15) is 53.1 Å². The van der Waals surface area contributed by atoms with Gasteiger partial charge in [0.15, 0.2) is 0 Å². The van der Waals surface area contributed by atoms with Crippen LogP contribution < -0.4 is 10.1 Å². The average Bonchev–Trinajstić information content (AvgIpc) is 3.72. The summed E-state index contributed by atoms with van der Waals surface area (Å²) in [6.45, 7) is 15.2. The van der Waals surface area contributed by atoms with Gasteiger partial charge in [-0.3, -0.25) is 4.79 Å². The summed E-state index contributed by atoms with van der Waals surface area (Å²) in [6, 6.07) is 7.08. The zero-order chi connectivity index (χ0) is 30.9. The first-order valence-electron chi connectivity index (χ1n) is 15.4. The molecule has 0 radical (unpaired) electrons. The minimum absolute atomic E-state index is 0.115. The van der Waals surface area contributed by atoms with Crippen LogP contribution in [0.25, 0.3) is 22.3 Å². The van der Waals surface area contributed by atoms with E-state index in [4.69, 9.17) is 19.4 Å². The average molecular weight is 608 g/mol. The first-order valence-corrected chi connectivity index (χ1v) is 19.1. The molecule has 1 aliphatic heterocycles. The molecule has 0 bridgehead atoms. The van der Waals surface area contributed by atoms with Crippen LogP contribution in [0.4, 0.5) is 4.79 Å². The number of rotatable bonds is 11. The molecule has 232 valence electrons. The molecule has 1 saturated heterocycles. The van der Waals surface area contributed by atoms with Gasteiger partial charge in [0, 0.05) is 45.1 Å². The minimum atomic E-state index is -1.29. The molecule has 10 nitrogen and oxygen atoms in total. The maximum absolute atomic E-state index is 13.9. The van der Waals surface area contributed by atoms with Crippen LogP contribution in [0.2, 0.25) is 25.7 Å². The lowest BCUT2D eigenvalue weighted by Gasteiger charge is -2.30. The Balaban J connectivity index is 1.56. The van der Waals surface area contributed by atoms with Crippen LogP contribution in [-0.4, -0.2) is 77.0 Å². The van der Waals surface area contributed by atoms with E-state index in [0.717, 1.165) is 39.8 Å². The fourth-order valence-corrected chi connectivity index (χ4v) is 6.30. The van der Waals surface area contributed by atoms with Gasteiger partial charge in [0.1, 0.15) is 29.5 Å². The van der Waals surface area contributed by atoms with Crippen molar-refractivity contribution >= 4 is 31.1 Å². The number of amides is 2. The van der Waals surface area contributed by atoms with E-state index in [2.05, 4.69) is 44.0 Å². The molecule has 11 heteroatoms. The zero-order valence-electron chi connectivity index (χ0n) is 26.3. The van der Waals surface area contributed by atoms with Crippen molar-refractivity contribution in [2.24, 2.45) is 5.92 Å². The summed E-state index contributed by atoms with van der Waals surface area (Å²) in [5, 5.41) is 12.5. The summed E-state index contributed by atoms with van der Waals surface area (Å²) in [5.41, 5.74) is 5.30. The molecule has 3 heterocycles. The molecule has 0 spiro atoms. The second-order valence-corrected chi connectivity index (χ2v) is 18.9. The molecule has 2 amide bonds. The smallest absolute Gasteiger partial charge is 0.407 e. The molecule has 2 aliphatic rings. The first-order chi connectivity index (χ1) is 20.4. The predicted octanol–water partition coefficient (Wildman–Crippen LogP) is 6.00. The van der Waals surface area contributed by atoms with Gasteiger partial charge >= 0.3 is 6.09 Å². The van der Waals surface area contributed by atoms with E-state index >= 15 is 0 Å². The van der Waals surface area contributed by atoms with Gasteiger partial charge in [-0.05, 0) is 70.5 Å². The molecule has 1 aliphatic carbocycles. The third-order valence-corrected chi connectivity index (χ3v) is 10.1. The van der Waals surface area contributed by atoms with Gasteiger partial charge in [-0.15, -0.1) is 0 Å². The second kappa shape index (κ2) is 12.7. The highest BCUT2D eigenvalue weighted by molar-refractivity contribution is 6.76. The highest BCUT2D eigenvalue weighted by Gasteiger charge is 2.30. The molecule has 0 atom stereocenters. The lowest BCUT2D eigenvalue weighted by molar-refractivity contribution is 0.0874. The van der Waals surface area contributed by atoms with Gasteiger partial charge in [-0.2, -0.15) is 0 Å². The van der Waals surface area contributed by atoms with Crippen LogP contribution in [0.5, 0.6) is 5.75 Å². The summed E-state index contributed by atoms with van der Waals surface area (Å²) >= 11 is 0. The minimum Gasteiger partial charge on any atom is -0.493 e. The Kier molecular flexibility index (Phi) is 9.12. The van der Waals surface area contributed by atoms with E-state index < -0.39 is 14.2 Å². The Labute approximate surface area is 254 Å². The van der Waals surface area contributed by atoms with Crippen molar-refractivity contribution in [3.63, 3.8) is 0 Å². The monoisotopic (exact) mass is 607 g/mol. The fourth-order valence-electron chi connectivity index (χ4n) is 5.55. The summed E-state index contributed by atoms with van der Waals surface area (Å²) < 4.78 is 14.6. The van der Waals surface area contributed by atoms with Gasteiger partial charge in [-0.25, -0.2) is 14.8 Å². The van der Waals surface area contributed by atoms with Crippen LogP contribution in [-0.2, 0) is 11.5 Å². The summed E-state index contributed by atoms with van der Waals surface area (Å²) in [6.07, 6.45) is 2.61. The van der Waals surface area contributed by atoms with Crippen molar-refractivity contribution in [2.75, 3.05) is 26.3 Å². The number of carboxylic acid groups (broad SMARTS) is 1. The standard InChI is InChI=1S/C32H45N5O5Si/c1-20-7-10-26(42-18-23-8-9-23)25(17-20)28-30-29(34-22(3)33-28)27(21(2)37(30)19-41-15-16-43(4,5)6)31(38)35-24-11-13-36(14-12-24)32(39)40/h7,10,17,23-24H,8-9,11-16,18-19H2,1-6H3,(H,35,38)(H,39,40). The Morgan fingerprint density at radius 2 is 1.79 bits per heavy atom. The summed E-state index contributed by atoms with van der Waals surface area (Å²) in [4.78, 5) is 36.5. The van der Waals surface area contributed by atoms with Crippen molar-refractivity contribution in [3.05, 3.63) is 40.8 Å². The Hall–Kier alpha value is -3.44. The van der Waals surface area contributed by atoms with E-state index in [1.54, 1.807) is 0 Å². The van der Waals surface area contributed by atoms with Crippen LogP contribution >= 0.6 is 0 Å². The highest BCUT2D eigenvalue weighted by atomic mass is 28.3. The number of nitrogens with zero attached hydrogens (tertiary/aromatic N) is 4. The van der Waals surface area contributed by atoms with Gasteiger partial charge in [0.05, 0.1) is 17.7 Å². The maximum atomic E-state index is 13.9. The van der Waals surface area contributed by atoms with Gasteiger partial charge in [0.25, 0.3) is 5.91 Å². The Morgan fingerprint density at radius 3 is 2.44 bits per heavy atom. The quantitative estimate of drug-likeness (QED) is 0.203. The number of likely N-dealkylation sites (tertiary alicyclic amines) is 1. The number of carbonyl (C=O) groups is 2. The lowest BCUT2D eigenvalue weighted by atomic mass is 10.0. The normalized spacial score (nSPS) is 16.1. The first kappa shape index (κ1) is 31.0. The predicted molar refractivity (Wildman–Crippen MR) is 170 cm³/mol. The van der Waals surface area contributed by atoms with Crippen LogP contribution in [0.3, 0.4) is 0 Å². The number of nitrogens with one attached hydrogen (secondary N) is 1. The Bertz CT molecular complexity index is 1500. The van der Waals surface area contributed by atoms with E-state index in [-0.39, 0.29) is 18.7 Å². The van der Waals surface area contributed by atoms with Crippen LogP contribution in [0, 0.1) is 26.7 Å². The molecule has 2 fully saturated rings. The van der Waals surface area contributed by atoms with Crippen molar-refractivity contribution in [1.82, 2.24) is 24.8 Å². The molecular formula is C32H45N5O5Si. The zero-order valence-corrected chi connectivity index (χ0v) is 27.3. The molecule has 1 aromatic carbocycles. The SMILES string of the molecule is Cc1ccc(OCC2CC2)c(-c2nc(C)nc3c(C(=O)NC4CCN(C(=O)O)CC4)c(C)n(COCC[Si](C)(C)C)c23)c1. The molecule has 3 aromatic rings. The number of fused-ring (bicyclic) bond motifs is 1. The van der Waals surface area contributed by atoms with Gasteiger partial charge < -0.3 is 29.4 Å². The molecule has 2 aromatic heterocycles. The largest absolute Gasteiger partial charge is 0.493 e. The summed E-state index contributed by atoms with van der Waals surface area (Å²) in [7, 11) is -1.29. The number of hydrogen-bond donors (Lipinski definition) is 2. The van der Waals surface area contributed by atoms with Crippen LogP contribution in [0.15, 0.2) is 18.2 Å². The Morgan fingerprint density at radius 1 is 1.07 bits per heavy atom. The topological polar surface area (TPSA) is 119 Å². The van der Waals surface area contributed by atoms with Gasteiger partial charge in [0.2, 0.25) is 0 Å². The number of carbonyl (C=O) groups excluding carboxylic acids is 1. The van der Waals surface area contributed by atoms with E-state index in [0.29, 0.717) is 62.0 Å². The van der Waals surface area contributed by atoms with Crippen molar-refractivity contribution in [3.8, 4) is 17.0 Å². The van der Waals surface area contributed by atoms with E-state index in [1.807, 2.05) is 24.5 Å². The van der Waals surface area contributed by atoms with Gasteiger partial charge in [-0.1, -0.05) is 31.3 Å². The molecule has 1 saturated carbocycles. The third-order valence-electron chi connectivity index (χ3n) is 8.38. The fraction of sp³-hybridized carbons (Fsp3) is 0.562. The maximum Gasteiger partial charge on any atom is 0.407 e. The second-order valence-electron chi connectivity index (χ2n) is 13.3. The number of aryl methyl sites for hydroxylation is 2. The van der Waals surface area contributed by atoms with E-state index in [9.17, 15) is 14.7 Å². The van der Waals surface area contributed by atoms with Crippen molar-refractivity contribution < 1.29 is 24.2 Å². The number of aromatic nitrogens is 3. The molecule has 0 unspecified atom stereocenters. The highest BCUT2D eigenvalue weighted by Crippen LogP contribution is 2.39. The van der Waals surface area contributed by atoms with Crippen molar-refractivity contribution in [2.45, 2.75) is 84.9 Å². The van der Waals surface area contributed by atoms with E-state index in [1.165, 1.54) is 17.7 Å². The molecular weight excluding hydrogens is 562 g/mol. The third kappa shape index (κ3) is 7.38. The molecule has 2 N–H and O–H groups in total. The lowest BCUT2D eigenvalue weighted by Crippen LogP contribution is -2.46. The number of benzene rings is 1. The number of piperidine rings is 1. The number of ether oxygens (including phenoxy) is 2. The molecule has 43 heavy (non-hydrogen) atoms. The summed E-state index contributed by atoms with van der Waals surface area (Å²) in [5.74, 6) is 1.73.